The second kappa shape index (κ2) is 8.61. The third kappa shape index (κ3) is 4.91. The first kappa shape index (κ1) is 20.8. The highest BCUT2D eigenvalue weighted by Crippen LogP contribution is 2.28. The molecule has 8 heteroatoms. The maximum absolute atomic E-state index is 12.5. The van der Waals surface area contributed by atoms with Crippen molar-refractivity contribution in [3.8, 4) is 0 Å². The van der Waals surface area contributed by atoms with Crippen molar-refractivity contribution >= 4 is 28.3 Å². The van der Waals surface area contributed by atoms with Gasteiger partial charge in [0, 0.05) is 31.7 Å². The fourth-order valence-electron chi connectivity index (χ4n) is 3.18. The quantitative estimate of drug-likeness (QED) is 0.640. The summed E-state index contributed by atoms with van der Waals surface area (Å²) in [6, 6.07) is 12.4. The first-order chi connectivity index (χ1) is 13.0. The summed E-state index contributed by atoms with van der Waals surface area (Å²) in [4.78, 5) is 12.6. The number of carbonyl (C=O) groups is 1. The Hall–Kier alpha value is -1.93. The van der Waals surface area contributed by atoms with Gasteiger partial charge in [0.15, 0.2) is 0 Å². The van der Waals surface area contributed by atoms with E-state index in [2.05, 4.69) is 27.5 Å². The van der Waals surface area contributed by atoms with E-state index in [4.69, 9.17) is 0 Å². The molecule has 2 aromatic carbocycles. The highest BCUT2D eigenvalue weighted by atomic mass is 35.5. The summed E-state index contributed by atoms with van der Waals surface area (Å²) in [6.45, 7) is 2.61. The summed E-state index contributed by atoms with van der Waals surface area (Å²) in [6.07, 6.45) is 2.15. The first-order valence-electron chi connectivity index (χ1n) is 9.20. The van der Waals surface area contributed by atoms with Crippen LogP contribution in [-0.2, 0) is 29.7 Å². The topological polar surface area (TPSA) is 87.3 Å². The molecule has 1 heterocycles. The molecule has 2 aliphatic rings. The van der Waals surface area contributed by atoms with Gasteiger partial charge in [-0.25, -0.2) is 13.1 Å². The number of hydrogen-bond acceptors (Lipinski definition) is 4. The molecule has 3 N–H and O–H groups in total. The maximum atomic E-state index is 12.5. The van der Waals surface area contributed by atoms with Gasteiger partial charge in [-0.15, -0.1) is 12.4 Å². The first-order valence-corrected chi connectivity index (χ1v) is 10.7. The lowest BCUT2D eigenvalue weighted by molar-refractivity contribution is 0.0950. The SMILES string of the molecule is Cl.O=C(NCc1ccc2c(c1)CNC2)c1cccc(S(=O)(=O)NCC2CC2)c1. The van der Waals surface area contributed by atoms with E-state index in [1.807, 2.05) is 6.07 Å². The molecule has 6 nitrogen and oxygen atoms in total. The van der Waals surface area contributed by atoms with Crippen LogP contribution in [0.5, 0.6) is 0 Å². The van der Waals surface area contributed by atoms with E-state index >= 15 is 0 Å². The van der Waals surface area contributed by atoms with E-state index in [0.717, 1.165) is 31.5 Å². The predicted molar refractivity (Wildman–Crippen MR) is 110 cm³/mol. The van der Waals surface area contributed by atoms with Crippen LogP contribution in [0, 0.1) is 5.92 Å². The molecular weight excluding hydrogens is 398 g/mol. The number of rotatable bonds is 7. The average Bonchev–Trinajstić information content (AvgIpc) is 3.40. The molecule has 1 saturated carbocycles. The lowest BCUT2D eigenvalue weighted by Gasteiger charge is -2.09. The normalized spacial score (nSPS) is 15.6. The van der Waals surface area contributed by atoms with Gasteiger partial charge in [-0.05, 0) is 53.6 Å². The predicted octanol–water partition coefficient (Wildman–Crippen LogP) is 2.33. The summed E-state index contributed by atoms with van der Waals surface area (Å²) < 4.78 is 27.4. The van der Waals surface area contributed by atoms with E-state index in [1.54, 1.807) is 12.1 Å². The minimum absolute atomic E-state index is 0. The summed E-state index contributed by atoms with van der Waals surface area (Å²) in [7, 11) is -3.58. The highest BCUT2D eigenvalue weighted by Gasteiger charge is 2.24. The molecule has 1 aliphatic heterocycles. The van der Waals surface area contributed by atoms with Crippen molar-refractivity contribution in [2.45, 2.75) is 37.4 Å². The van der Waals surface area contributed by atoms with Crippen LogP contribution >= 0.6 is 12.4 Å². The van der Waals surface area contributed by atoms with Crippen LogP contribution in [0.25, 0.3) is 0 Å². The summed E-state index contributed by atoms with van der Waals surface area (Å²) in [5.74, 6) is 0.168. The number of nitrogens with one attached hydrogen (secondary N) is 3. The van der Waals surface area contributed by atoms with Gasteiger partial charge >= 0.3 is 0 Å². The van der Waals surface area contributed by atoms with E-state index in [9.17, 15) is 13.2 Å². The number of hydrogen-bond donors (Lipinski definition) is 3. The number of halogens is 1. The summed E-state index contributed by atoms with van der Waals surface area (Å²) in [5.41, 5.74) is 3.92. The molecular formula is C20H24ClN3O3S. The van der Waals surface area contributed by atoms with E-state index in [0.29, 0.717) is 24.6 Å². The van der Waals surface area contributed by atoms with Crippen molar-refractivity contribution in [1.82, 2.24) is 15.4 Å². The zero-order chi connectivity index (χ0) is 18.9. The standard InChI is InChI=1S/C20H23N3O3S.ClH/c24-20(22-10-15-6-7-17-12-21-13-18(17)8-15)16-2-1-3-19(9-16)27(25,26)23-11-14-4-5-14;/h1-3,6-9,14,21,23H,4-5,10-13H2,(H,22,24);1H. The second-order valence-corrected chi connectivity index (χ2v) is 8.98. The molecule has 2 aromatic rings. The highest BCUT2D eigenvalue weighted by molar-refractivity contribution is 7.89. The Morgan fingerprint density at radius 3 is 2.64 bits per heavy atom. The van der Waals surface area contributed by atoms with Gasteiger partial charge in [-0.3, -0.25) is 4.79 Å². The molecule has 0 radical (unpaired) electrons. The van der Waals surface area contributed by atoms with Crippen LogP contribution < -0.4 is 15.4 Å². The van der Waals surface area contributed by atoms with Gasteiger partial charge in [-0.2, -0.15) is 0 Å². The minimum Gasteiger partial charge on any atom is -0.348 e. The van der Waals surface area contributed by atoms with Gasteiger partial charge in [-0.1, -0.05) is 24.3 Å². The van der Waals surface area contributed by atoms with Crippen molar-refractivity contribution in [2.24, 2.45) is 5.92 Å². The average molecular weight is 422 g/mol. The van der Waals surface area contributed by atoms with Crippen LogP contribution in [0.3, 0.4) is 0 Å². The molecule has 0 aromatic heterocycles. The van der Waals surface area contributed by atoms with Crippen LogP contribution in [0.2, 0.25) is 0 Å². The largest absolute Gasteiger partial charge is 0.348 e. The van der Waals surface area contributed by atoms with E-state index in [-0.39, 0.29) is 23.2 Å². The zero-order valence-electron chi connectivity index (χ0n) is 15.4. The summed E-state index contributed by atoms with van der Waals surface area (Å²) in [5, 5.41) is 6.17. The van der Waals surface area contributed by atoms with Gasteiger partial charge in [0.1, 0.15) is 0 Å². The van der Waals surface area contributed by atoms with Gasteiger partial charge < -0.3 is 10.6 Å². The van der Waals surface area contributed by atoms with Crippen LogP contribution in [-0.4, -0.2) is 20.9 Å². The van der Waals surface area contributed by atoms with Crippen LogP contribution in [0.1, 0.15) is 39.9 Å². The van der Waals surface area contributed by atoms with E-state index in [1.165, 1.54) is 23.3 Å². The van der Waals surface area contributed by atoms with Crippen molar-refractivity contribution in [2.75, 3.05) is 6.54 Å². The molecule has 1 aliphatic carbocycles. The number of benzene rings is 2. The third-order valence-electron chi connectivity index (χ3n) is 5.02. The Kier molecular flexibility index (Phi) is 6.40. The minimum atomic E-state index is -3.58. The molecule has 0 bridgehead atoms. The molecule has 4 rings (SSSR count). The Labute approximate surface area is 171 Å². The molecule has 150 valence electrons. The molecule has 1 amide bonds. The zero-order valence-corrected chi connectivity index (χ0v) is 17.0. The van der Waals surface area contributed by atoms with Gasteiger partial charge in [0.2, 0.25) is 10.0 Å². The molecule has 0 atom stereocenters. The monoisotopic (exact) mass is 421 g/mol. The van der Waals surface area contributed by atoms with Gasteiger partial charge in [0.05, 0.1) is 4.90 Å². The van der Waals surface area contributed by atoms with Crippen LogP contribution in [0.4, 0.5) is 0 Å². The lowest BCUT2D eigenvalue weighted by atomic mass is 10.1. The molecule has 0 saturated heterocycles. The second-order valence-electron chi connectivity index (χ2n) is 7.21. The number of carbonyl (C=O) groups excluding carboxylic acids is 1. The fourth-order valence-corrected chi connectivity index (χ4v) is 4.34. The van der Waals surface area contributed by atoms with Crippen molar-refractivity contribution in [1.29, 1.82) is 0 Å². The van der Waals surface area contributed by atoms with Crippen molar-refractivity contribution in [3.05, 3.63) is 64.7 Å². The summed E-state index contributed by atoms with van der Waals surface area (Å²) >= 11 is 0. The Morgan fingerprint density at radius 1 is 1.07 bits per heavy atom. The fraction of sp³-hybridized carbons (Fsp3) is 0.350. The van der Waals surface area contributed by atoms with E-state index < -0.39 is 10.0 Å². The number of fused-ring (bicyclic) bond motifs is 1. The molecule has 28 heavy (non-hydrogen) atoms. The molecule has 1 fully saturated rings. The smallest absolute Gasteiger partial charge is 0.251 e. The van der Waals surface area contributed by atoms with Crippen LogP contribution in [0.15, 0.2) is 47.4 Å². The van der Waals surface area contributed by atoms with Crippen molar-refractivity contribution in [3.63, 3.8) is 0 Å². The maximum Gasteiger partial charge on any atom is 0.251 e. The molecule has 0 unspecified atom stereocenters. The number of amides is 1. The number of sulfonamides is 1. The van der Waals surface area contributed by atoms with Crippen molar-refractivity contribution < 1.29 is 13.2 Å². The Balaban J connectivity index is 0.00000225. The Bertz CT molecular complexity index is 974. The molecule has 0 spiro atoms. The van der Waals surface area contributed by atoms with Gasteiger partial charge in [0.25, 0.3) is 5.91 Å². The third-order valence-corrected chi connectivity index (χ3v) is 6.44. The Morgan fingerprint density at radius 2 is 1.86 bits per heavy atom. The lowest BCUT2D eigenvalue weighted by Crippen LogP contribution is -2.27.